The van der Waals surface area contributed by atoms with Crippen molar-refractivity contribution in [2.24, 2.45) is 0 Å². The van der Waals surface area contributed by atoms with Crippen LogP contribution in [0.5, 0.6) is 0 Å². The zero-order valence-corrected chi connectivity index (χ0v) is 15.3. The number of nitrogens with one attached hydrogen (secondary N) is 2. The Balaban J connectivity index is 1.54. The molecule has 0 bridgehead atoms. The zero-order chi connectivity index (χ0) is 18.4. The van der Waals surface area contributed by atoms with E-state index in [9.17, 15) is 4.79 Å². The van der Waals surface area contributed by atoms with Gasteiger partial charge in [0, 0.05) is 18.1 Å². The summed E-state index contributed by atoms with van der Waals surface area (Å²) in [6.45, 7) is 3.24. The molecule has 2 N–H and O–H groups in total. The van der Waals surface area contributed by atoms with E-state index in [0.29, 0.717) is 17.3 Å². The third-order valence-electron chi connectivity index (χ3n) is 4.11. The van der Waals surface area contributed by atoms with Gasteiger partial charge in [-0.05, 0) is 47.9 Å². The van der Waals surface area contributed by atoms with Crippen molar-refractivity contribution in [1.82, 2.24) is 10.3 Å². The van der Waals surface area contributed by atoms with Gasteiger partial charge >= 0.3 is 0 Å². The second kappa shape index (κ2) is 8.50. The van der Waals surface area contributed by atoms with E-state index in [2.05, 4.69) is 34.7 Å². The first-order valence-corrected chi connectivity index (χ1v) is 8.77. The Morgan fingerprint density at radius 2 is 1.77 bits per heavy atom. The van der Waals surface area contributed by atoms with Crippen LogP contribution in [-0.4, -0.2) is 10.9 Å². The van der Waals surface area contributed by atoms with Gasteiger partial charge in [0.05, 0.1) is 11.9 Å². The minimum absolute atomic E-state index is 0.203. The number of hydrogen-bond acceptors (Lipinski definition) is 3. The van der Waals surface area contributed by atoms with E-state index in [4.69, 9.17) is 11.6 Å². The largest absolute Gasteiger partial charge is 0.380 e. The summed E-state index contributed by atoms with van der Waals surface area (Å²) in [6, 6.07) is 19.2. The second-order valence-electron chi connectivity index (χ2n) is 6.02. The average Bonchev–Trinajstić information content (AvgIpc) is 2.67. The Hall–Kier alpha value is -2.85. The summed E-state index contributed by atoms with van der Waals surface area (Å²) in [5.41, 5.74) is 4.73. The molecule has 0 spiro atoms. The third kappa shape index (κ3) is 4.83. The van der Waals surface area contributed by atoms with Gasteiger partial charge in [0.1, 0.15) is 5.69 Å². The van der Waals surface area contributed by atoms with Crippen molar-refractivity contribution in [3.8, 4) is 0 Å². The van der Waals surface area contributed by atoms with Gasteiger partial charge in [-0.1, -0.05) is 48.0 Å². The maximum absolute atomic E-state index is 12.2. The van der Waals surface area contributed by atoms with E-state index in [0.717, 1.165) is 17.8 Å². The monoisotopic (exact) mass is 365 g/mol. The Morgan fingerprint density at radius 3 is 2.46 bits per heavy atom. The SMILES string of the molecule is Cc1ccccc1CNc1ccc(C(=O)NCc2ccc(Cl)cc2)nc1. The maximum Gasteiger partial charge on any atom is 0.270 e. The van der Waals surface area contributed by atoms with Gasteiger partial charge in [0.25, 0.3) is 5.91 Å². The summed E-state index contributed by atoms with van der Waals surface area (Å²) in [5.74, 6) is -0.203. The molecule has 1 aromatic heterocycles. The molecule has 0 saturated carbocycles. The molecule has 3 rings (SSSR count). The summed E-state index contributed by atoms with van der Waals surface area (Å²) in [4.78, 5) is 16.4. The molecule has 0 aliphatic heterocycles. The van der Waals surface area contributed by atoms with Crippen molar-refractivity contribution >= 4 is 23.2 Å². The topological polar surface area (TPSA) is 54.0 Å². The van der Waals surface area contributed by atoms with Crippen LogP contribution in [0.3, 0.4) is 0 Å². The third-order valence-corrected chi connectivity index (χ3v) is 4.36. The number of halogens is 1. The Labute approximate surface area is 158 Å². The normalized spacial score (nSPS) is 10.4. The van der Waals surface area contributed by atoms with Crippen LogP contribution in [-0.2, 0) is 13.1 Å². The molecule has 0 aliphatic carbocycles. The molecule has 0 saturated heterocycles. The van der Waals surface area contributed by atoms with Crippen molar-refractivity contribution in [2.45, 2.75) is 20.0 Å². The molecule has 1 heterocycles. The van der Waals surface area contributed by atoms with E-state index >= 15 is 0 Å². The highest BCUT2D eigenvalue weighted by molar-refractivity contribution is 6.30. The average molecular weight is 366 g/mol. The molecule has 1 amide bonds. The first-order chi connectivity index (χ1) is 12.6. The van der Waals surface area contributed by atoms with Gasteiger partial charge in [0.15, 0.2) is 0 Å². The van der Waals surface area contributed by atoms with Crippen molar-refractivity contribution in [2.75, 3.05) is 5.32 Å². The van der Waals surface area contributed by atoms with Crippen LogP contribution in [0.4, 0.5) is 5.69 Å². The van der Waals surface area contributed by atoms with Crippen molar-refractivity contribution < 1.29 is 4.79 Å². The lowest BCUT2D eigenvalue weighted by Gasteiger charge is -2.09. The highest BCUT2D eigenvalue weighted by atomic mass is 35.5. The van der Waals surface area contributed by atoms with E-state index in [1.807, 2.05) is 30.3 Å². The predicted octanol–water partition coefficient (Wildman–Crippen LogP) is 4.59. The Bertz CT molecular complexity index is 877. The molecule has 3 aromatic rings. The van der Waals surface area contributed by atoms with Crippen molar-refractivity contribution in [3.05, 3.63) is 94.3 Å². The van der Waals surface area contributed by atoms with Crippen LogP contribution in [0.2, 0.25) is 5.02 Å². The lowest BCUT2D eigenvalue weighted by Crippen LogP contribution is -2.23. The van der Waals surface area contributed by atoms with Gasteiger partial charge in [-0.3, -0.25) is 4.79 Å². The molecule has 0 unspecified atom stereocenters. The number of pyridine rings is 1. The molecular formula is C21H20ClN3O. The molecule has 4 nitrogen and oxygen atoms in total. The quantitative estimate of drug-likeness (QED) is 0.672. The smallest absolute Gasteiger partial charge is 0.270 e. The lowest BCUT2D eigenvalue weighted by atomic mass is 10.1. The minimum atomic E-state index is -0.203. The minimum Gasteiger partial charge on any atom is -0.380 e. The number of carbonyl (C=O) groups excluding carboxylic acids is 1. The van der Waals surface area contributed by atoms with Crippen molar-refractivity contribution in [3.63, 3.8) is 0 Å². The first-order valence-electron chi connectivity index (χ1n) is 8.39. The number of aryl methyl sites for hydroxylation is 1. The number of aromatic nitrogens is 1. The predicted molar refractivity (Wildman–Crippen MR) is 105 cm³/mol. The van der Waals surface area contributed by atoms with Gasteiger partial charge in [-0.25, -0.2) is 4.98 Å². The number of anilines is 1. The summed E-state index contributed by atoms with van der Waals surface area (Å²) >= 11 is 5.86. The maximum atomic E-state index is 12.2. The zero-order valence-electron chi connectivity index (χ0n) is 14.5. The molecular weight excluding hydrogens is 346 g/mol. The van der Waals surface area contributed by atoms with Gasteiger partial charge < -0.3 is 10.6 Å². The molecule has 0 aliphatic rings. The fourth-order valence-electron chi connectivity index (χ4n) is 2.51. The van der Waals surface area contributed by atoms with Crippen LogP contribution in [0.15, 0.2) is 66.9 Å². The lowest BCUT2D eigenvalue weighted by molar-refractivity contribution is 0.0946. The summed E-state index contributed by atoms with van der Waals surface area (Å²) < 4.78 is 0. The second-order valence-corrected chi connectivity index (χ2v) is 6.46. The van der Waals surface area contributed by atoms with Gasteiger partial charge in [-0.2, -0.15) is 0 Å². The number of hydrogen-bond donors (Lipinski definition) is 2. The highest BCUT2D eigenvalue weighted by Gasteiger charge is 2.07. The van der Waals surface area contributed by atoms with Crippen LogP contribution in [0.25, 0.3) is 0 Å². The molecule has 0 radical (unpaired) electrons. The Morgan fingerprint density at radius 1 is 1.00 bits per heavy atom. The van der Waals surface area contributed by atoms with Crippen LogP contribution in [0.1, 0.15) is 27.2 Å². The molecule has 0 fully saturated rings. The fourth-order valence-corrected chi connectivity index (χ4v) is 2.64. The molecule has 132 valence electrons. The van der Waals surface area contributed by atoms with Crippen molar-refractivity contribution in [1.29, 1.82) is 0 Å². The van der Waals surface area contributed by atoms with Gasteiger partial charge in [0.2, 0.25) is 0 Å². The number of nitrogens with zero attached hydrogens (tertiary/aromatic N) is 1. The number of amides is 1. The standard InChI is InChI=1S/C21H20ClN3O/c1-15-4-2-3-5-17(15)13-23-19-10-11-20(24-14-19)21(26)25-12-16-6-8-18(22)9-7-16/h2-11,14,23H,12-13H2,1H3,(H,25,26). The van der Waals surface area contributed by atoms with E-state index in [-0.39, 0.29) is 5.91 Å². The van der Waals surface area contributed by atoms with Crippen LogP contribution >= 0.6 is 11.6 Å². The first kappa shape index (κ1) is 18.0. The fraction of sp³-hybridized carbons (Fsp3) is 0.143. The van der Waals surface area contributed by atoms with E-state index in [1.165, 1.54) is 11.1 Å². The van der Waals surface area contributed by atoms with Gasteiger partial charge in [-0.15, -0.1) is 0 Å². The van der Waals surface area contributed by atoms with E-state index < -0.39 is 0 Å². The molecule has 0 atom stereocenters. The number of benzene rings is 2. The number of rotatable bonds is 6. The molecule has 2 aromatic carbocycles. The molecule has 5 heteroatoms. The van der Waals surface area contributed by atoms with Crippen LogP contribution in [0, 0.1) is 6.92 Å². The van der Waals surface area contributed by atoms with Crippen LogP contribution < -0.4 is 10.6 Å². The number of carbonyl (C=O) groups is 1. The Kier molecular flexibility index (Phi) is 5.87. The summed E-state index contributed by atoms with van der Waals surface area (Å²) in [6.07, 6.45) is 1.68. The summed E-state index contributed by atoms with van der Waals surface area (Å²) in [5, 5.41) is 6.86. The van der Waals surface area contributed by atoms with E-state index in [1.54, 1.807) is 24.4 Å². The highest BCUT2D eigenvalue weighted by Crippen LogP contribution is 2.12. The molecule has 26 heavy (non-hydrogen) atoms. The summed E-state index contributed by atoms with van der Waals surface area (Å²) in [7, 11) is 0.